The first-order valence-electron chi connectivity index (χ1n) is 12.6. The lowest BCUT2D eigenvalue weighted by Crippen LogP contribution is -2.30. The van der Waals surface area contributed by atoms with Gasteiger partial charge in [0, 0.05) is 32.0 Å². The van der Waals surface area contributed by atoms with Crippen LogP contribution in [0.25, 0.3) is 11.4 Å². The number of likely N-dealkylation sites (N-methyl/N-ethyl adjacent to an activating group) is 1. The van der Waals surface area contributed by atoms with Crippen molar-refractivity contribution in [3.63, 3.8) is 0 Å². The van der Waals surface area contributed by atoms with Crippen LogP contribution < -0.4 is 19.8 Å². The number of amides is 1. The van der Waals surface area contributed by atoms with Gasteiger partial charge in [0.1, 0.15) is 18.1 Å². The van der Waals surface area contributed by atoms with Gasteiger partial charge in [-0.1, -0.05) is 36.4 Å². The molecular weight excluding hydrogens is 496 g/mol. The lowest BCUT2D eigenvalue weighted by molar-refractivity contribution is -0.129. The van der Waals surface area contributed by atoms with Crippen molar-refractivity contribution in [3.8, 4) is 28.6 Å². The van der Waals surface area contributed by atoms with E-state index in [4.69, 9.17) is 14.2 Å². The van der Waals surface area contributed by atoms with Gasteiger partial charge in [0.25, 0.3) is 5.56 Å². The van der Waals surface area contributed by atoms with Crippen LogP contribution in [0.2, 0.25) is 0 Å². The average Bonchev–Trinajstić information content (AvgIpc) is 2.98. The minimum Gasteiger partial charge on any atom is -0.493 e. The Balaban J connectivity index is 1.28. The topological polar surface area (TPSA) is 107 Å². The molecule has 0 radical (unpaired) electrons. The summed E-state index contributed by atoms with van der Waals surface area (Å²) in [5.41, 5.74) is 2.69. The number of aromatic nitrogens is 3. The third-order valence-corrected chi connectivity index (χ3v) is 6.33. The second kappa shape index (κ2) is 13.2. The van der Waals surface area contributed by atoms with Crippen LogP contribution in [0, 0.1) is 0 Å². The Labute approximate surface area is 227 Å². The highest BCUT2D eigenvalue weighted by Gasteiger charge is 2.13. The van der Waals surface area contributed by atoms with Gasteiger partial charge >= 0.3 is 0 Å². The Morgan fingerprint density at radius 3 is 2.31 bits per heavy atom. The molecule has 0 fully saturated rings. The van der Waals surface area contributed by atoms with Crippen molar-refractivity contribution < 1.29 is 19.0 Å². The summed E-state index contributed by atoms with van der Waals surface area (Å²) in [5, 5.41) is 8.26. The summed E-state index contributed by atoms with van der Waals surface area (Å²) in [6, 6.07) is 22.9. The fourth-order valence-electron chi connectivity index (χ4n) is 3.98. The quantitative estimate of drug-likeness (QED) is 0.296. The highest BCUT2D eigenvalue weighted by molar-refractivity contribution is 5.76. The highest BCUT2D eigenvalue weighted by Crippen LogP contribution is 2.27. The van der Waals surface area contributed by atoms with Crippen molar-refractivity contribution in [1.29, 1.82) is 0 Å². The number of nitrogens with zero attached hydrogens (tertiary/aromatic N) is 3. The monoisotopic (exact) mass is 528 g/mol. The maximum atomic E-state index is 12.6. The van der Waals surface area contributed by atoms with Gasteiger partial charge in [-0.25, -0.2) is 0 Å². The zero-order valence-electron chi connectivity index (χ0n) is 22.3. The maximum Gasteiger partial charge on any atom is 0.273 e. The van der Waals surface area contributed by atoms with Crippen LogP contribution in [-0.2, 0) is 24.2 Å². The minimum absolute atomic E-state index is 0.0770. The number of aromatic amines is 1. The van der Waals surface area contributed by atoms with Gasteiger partial charge in [0.15, 0.2) is 17.3 Å². The van der Waals surface area contributed by atoms with E-state index in [0.717, 1.165) is 11.1 Å². The Kier molecular flexibility index (Phi) is 9.29. The molecule has 1 aromatic heterocycles. The molecule has 1 heterocycles. The molecule has 9 heteroatoms. The predicted octanol–water partition coefficient (Wildman–Crippen LogP) is 4.06. The molecule has 0 saturated carbocycles. The minimum atomic E-state index is -0.356. The summed E-state index contributed by atoms with van der Waals surface area (Å²) in [6.45, 7) is 0.996. The zero-order valence-corrected chi connectivity index (χ0v) is 22.3. The molecule has 4 rings (SSSR count). The molecule has 202 valence electrons. The van der Waals surface area contributed by atoms with Crippen LogP contribution in [0.3, 0.4) is 0 Å². The van der Waals surface area contributed by atoms with Crippen LogP contribution in [-0.4, -0.2) is 53.8 Å². The van der Waals surface area contributed by atoms with Gasteiger partial charge < -0.3 is 24.1 Å². The first-order chi connectivity index (χ1) is 19.0. The highest BCUT2D eigenvalue weighted by atomic mass is 16.5. The molecule has 0 bridgehead atoms. The number of carbonyl (C=O) groups is 1. The Hall–Kier alpha value is -4.66. The lowest BCUT2D eigenvalue weighted by atomic mass is 10.1. The molecule has 4 aromatic rings. The van der Waals surface area contributed by atoms with Gasteiger partial charge in [-0.3, -0.25) is 9.59 Å². The van der Waals surface area contributed by atoms with Crippen LogP contribution in [0.4, 0.5) is 0 Å². The van der Waals surface area contributed by atoms with Gasteiger partial charge in [-0.15, -0.1) is 10.2 Å². The van der Waals surface area contributed by atoms with Crippen molar-refractivity contribution in [3.05, 3.63) is 100.0 Å². The van der Waals surface area contributed by atoms with E-state index in [9.17, 15) is 9.59 Å². The smallest absolute Gasteiger partial charge is 0.273 e. The number of hydrogen-bond acceptors (Lipinski definition) is 7. The summed E-state index contributed by atoms with van der Waals surface area (Å²) in [7, 11) is 4.93. The molecule has 1 N–H and O–H groups in total. The van der Waals surface area contributed by atoms with E-state index in [1.807, 2.05) is 72.8 Å². The van der Waals surface area contributed by atoms with Gasteiger partial charge in [-0.05, 0) is 53.9 Å². The standard InChI is InChI=1S/C30H32N4O5/c1-34(18-17-21-9-15-26(37-2)27(19-21)38-3)28(35)16-14-25-30(36)31-29(33-32-25)23-10-12-24(13-11-23)39-20-22-7-5-4-6-8-22/h4-13,15,19H,14,16-18,20H2,1-3H3,(H,31,33,36). The van der Waals surface area contributed by atoms with Crippen LogP contribution in [0.5, 0.6) is 17.2 Å². The first-order valence-corrected chi connectivity index (χ1v) is 12.6. The molecule has 0 aliphatic carbocycles. The summed E-state index contributed by atoms with van der Waals surface area (Å²) >= 11 is 0. The van der Waals surface area contributed by atoms with E-state index in [1.165, 1.54) is 0 Å². The van der Waals surface area contributed by atoms with E-state index in [2.05, 4.69) is 15.2 Å². The molecule has 0 saturated heterocycles. The average molecular weight is 529 g/mol. The van der Waals surface area contributed by atoms with Crippen LogP contribution in [0.1, 0.15) is 23.2 Å². The number of methoxy groups -OCH3 is 2. The Morgan fingerprint density at radius 1 is 0.872 bits per heavy atom. The van der Waals surface area contributed by atoms with Gasteiger partial charge in [0.05, 0.1) is 14.2 Å². The Morgan fingerprint density at radius 2 is 1.62 bits per heavy atom. The number of carbonyl (C=O) groups excluding carboxylic acids is 1. The zero-order chi connectivity index (χ0) is 27.6. The third-order valence-electron chi connectivity index (χ3n) is 6.33. The fraction of sp³-hybridized carbons (Fsp3) is 0.267. The number of nitrogens with one attached hydrogen (secondary N) is 1. The van der Waals surface area contributed by atoms with E-state index in [1.54, 1.807) is 26.2 Å². The normalized spacial score (nSPS) is 10.6. The van der Waals surface area contributed by atoms with E-state index >= 15 is 0 Å². The first kappa shape index (κ1) is 27.4. The van der Waals surface area contributed by atoms with E-state index in [0.29, 0.717) is 48.2 Å². The second-order valence-corrected chi connectivity index (χ2v) is 9.00. The molecule has 9 nitrogen and oxygen atoms in total. The molecule has 0 atom stereocenters. The maximum absolute atomic E-state index is 12.6. The predicted molar refractivity (Wildman–Crippen MR) is 148 cm³/mol. The molecule has 0 aliphatic heterocycles. The lowest BCUT2D eigenvalue weighted by Gasteiger charge is -2.17. The number of rotatable bonds is 12. The molecule has 39 heavy (non-hydrogen) atoms. The van der Waals surface area contributed by atoms with E-state index in [-0.39, 0.29) is 30.0 Å². The number of benzene rings is 3. The van der Waals surface area contributed by atoms with E-state index < -0.39 is 0 Å². The number of H-pyrrole nitrogens is 1. The number of hydrogen-bond donors (Lipinski definition) is 1. The van der Waals surface area contributed by atoms with Crippen LogP contribution in [0.15, 0.2) is 77.6 Å². The van der Waals surface area contributed by atoms with Crippen molar-refractivity contribution in [2.24, 2.45) is 0 Å². The second-order valence-electron chi connectivity index (χ2n) is 9.00. The largest absolute Gasteiger partial charge is 0.493 e. The summed E-state index contributed by atoms with van der Waals surface area (Å²) in [4.78, 5) is 29.7. The summed E-state index contributed by atoms with van der Waals surface area (Å²) in [6.07, 6.45) is 1.02. The fourth-order valence-corrected chi connectivity index (χ4v) is 3.98. The van der Waals surface area contributed by atoms with Crippen molar-refractivity contribution in [1.82, 2.24) is 20.1 Å². The van der Waals surface area contributed by atoms with Crippen molar-refractivity contribution in [2.45, 2.75) is 25.9 Å². The SMILES string of the molecule is COc1ccc(CCN(C)C(=O)CCc2nnc(-c3ccc(OCc4ccccc4)cc3)[nH]c2=O)cc1OC. The Bertz CT molecular complexity index is 1440. The van der Waals surface area contributed by atoms with Crippen LogP contribution >= 0.6 is 0 Å². The molecule has 3 aromatic carbocycles. The van der Waals surface area contributed by atoms with Gasteiger partial charge in [-0.2, -0.15) is 0 Å². The molecule has 0 spiro atoms. The summed E-state index contributed by atoms with van der Waals surface area (Å²) < 4.78 is 16.4. The molecule has 0 aliphatic rings. The van der Waals surface area contributed by atoms with Gasteiger partial charge in [0.2, 0.25) is 5.91 Å². The number of ether oxygens (including phenoxy) is 3. The molecule has 1 amide bonds. The van der Waals surface area contributed by atoms with Crippen molar-refractivity contribution in [2.75, 3.05) is 27.8 Å². The summed E-state index contributed by atoms with van der Waals surface area (Å²) in [5.74, 6) is 2.30. The van der Waals surface area contributed by atoms with Crippen molar-refractivity contribution >= 4 is 5.91 Å². The third kappa shape index (κ3) is 7.44. The number of aryl methyl sites for hydroxylation is 1. The molecule has 0 unspecified atom stereocenters. The molecular formula is C30H32N4O5.